The second kappa shape index (κ2) is 15.0. The number of halogens is 1. The van der Waals surface area contributed by atoms with Gasteiger partial charge in [0.2, 0.25) is 0 Å². The summed E-state index contributed by atoms with van der Waals surface area (Å²) in [5, 5.41) is 6.72. The van der Waals surface area contributed by atoms with Crippen molar-refractivity contribution in [3.05, 3.63) is 0 Å². The predicted molar refractivity (Wildman–Crippen MR) is 115 cm³/mol. The number of guanidine groups is 1. The SMILES string of the molecule is CN=C(NCCN(C)CCOC)NCC1CN(CC(C)C)CCO1.I. The van der Waals surface area contributed by atoms with E-state index in [-0.39, 0.29) is 30.1 Å². The van der Waals surface area contributed by atoms with Crippen LogP contribution >= 0.6 is 24.0 Å². The van der Waals surface area contributed by atoms with Gasteiger partial charge in [-0.3, -0.25) is 9.89 Å². The molecule has 1 aliphatic rings. The van der Waals surface area contributed by atoms with Crippen LogP contribution in [0.4, 0.5) is 0 Å². The third-order valence-electron chi connectivity index (χ3n) is 4.03. The first-order valence-electron chi connectivity index (χ1n) is 9.01. The summed E-state index contributed by atoms with van der Waals surface area (Å²) in [5.74, 6) is 1.53. The third kappa shape index (κ3) is 12.0. The molecule has 0 aromatic carbocycles. The minimum absolute atomic E-state index is 0. The van der Waals surface area contributed by atoms with Crippen molar-refractivity contribution < 1.29 is 9.47 Å². The Kier molecular flexibility index (Phi) is 14.9. The zero-order valence-electron chi connectivity index (χ0n) is 16.6. The van der Waals surface area contributed by atoms with E-state index in [1.807, 2.05) is 0 Å². The molecule has 1 fully saturated rings. The van der Waals surface area contributed by atoms with Crippen molar-refractivity contribution in [3.8, 4) is 0 Å². The summed E-state index contributed by atoms with van der Waals surface area (Å²) in [6.45, 7) is 12.8. The number of methoxy groups -OCH3 is 1. The third-order valence-corrected chi connectivity index (χ3v) is 4.03. The lowest BCUT2D eigenvalue weighted by molar-refractivity contribution is -0.0284. The van der Waals surface area contributed by atoms with E-state index in [9.17, 15) is 0 Å². The van der Waals surface area contributed by atoms with Crippen LogP contribution in [0.25, 0.3) is 0 Å². The molecule has 25 heavy (non-hydrogen) atoms. The van der Waals surface area contributed by atoms with Gasteiger partial charge in [-0.1, -0.05) is 13.8 Å². The molecule has 0 aromatic rings. The van der Waals surface area contributed by atoms with E-state index < -0.39 is 0 Å². The Hall–Kier alpha value is -0.160. The van der Waals surface area contributed by atoms with Crippen molar-refractivity contribution in [1.29, 1.82) is 0 Å². The van der Waals surface area contributed by atoms with Crippen molar-refractivity contribution in [2.45, 2.75) is 20.0 Å². The van der Waals surface area contributed by atoms with Crippen LogP contribution in [-0.4, -0.2) is 102 Å². The van der Waals surface area contributed by atoms with Crippen LogP contribution in [0.1, 0.15) is 13.8 Å². The Morgan fingerprint density at radius 2 is 2.12 bits per heavy atom. The molecular formula is C17H38IN5O2. The van der Waals surface area contributed by atoms with Crippen LogP contribution in [0.5, 0.6) is 0 Å². The molecule has 1 rings (SSSR count). The molecule has 0 amide bonds. The average molecular weight is 471 g/mol. The summed E-state index contributed by atoms with van der Waals surface area (Å²) in [7, 11) is 5.63. The Morgan fingerprint density at radius 1 is 1.36 bits per heavy atom. The summed E-state index contributed by atoms with van der Waals surface area (Å²) in [5.41, 5.74) is 0. The fourth-order valence-electron chi connectivity index (χ4n) is 2.74. The monoisotopic (exact) mass is 471 g/mol. The standard InChI is InChI=1S/C17H37N5O2.HI/c1-15(2)13-22-9-11-24-16(14-22)12-20-17(18-3)19-6-7-21(4)8-10-23-5;/h15-16H,6-14H2,1-5H3,(H2,18,19,20);1H. The highest BCUT2D eigenvalue weighted by molar-refractivity contribution is 14.0. The van der Waals surface area contributed by atoms with E-state index in [0.717, 1.165) is 65.0 Å². The van der Waals surface area contributed by atoms with Gasteiger partial charge in [-0.2, -0.15) is 0 Å². The summed E-state index contributed by atoms with van der Waals surface area (Å²) in [6.07, 6.45) is 0.223. The molecule has 7 nitrogen and oxygen atoms in total. The maximum Gasteiger partial charge on any atom is 0.191 e. The fraction of sp³-hybridized carbons (Fsp3) is 0.941. The molecule has 1 atom stereocenters. The first-order chi connectivity index (χ1) is 11.5. The van der Waals surface area contributed by atoms with Gasteiger partial charge in [0.1, 0.15) is 0 Å². The summed E-state index contributed by atoms with van der Waals surface area (Å²) < 4.78 is 10.9. The molecule has 0 bridgehead atoms. The number of rotatable bonds is 10. The highest BCUT2D eigenvalue weighted by Crippen LogP contribution is 2.07. The minimum Gasteiger partial charge on any atom is -0.383 e. The van der Waals surface area contributed by atoms with Gasteiger partial charge >= 0.3 is 0 Å². The number of ether oxygens (including phenoxy) is 2. The van der Waals surface area contributed by atoms with Crippen LogP contribution in [0.2, 0.25) is 0 Å². The van der Waals surface area contributed by atoms with E-state index in [2.05, 4.69) is 46.3 Å². The highest BCUT2D eigenvalue weighted by atomic mass is 127. The normalized spacial score (nSPS) is 19.2. The quantitative estimate of drug-likeness (QED) is 0.278. The molecule has 0 aromatic heterocycles. The molecule has 8 heteroatoms. The Labute approximate surface area is 170 Å². The number of nitrogens with one attached hydrogen (secondary N) is 2. The van der Waals surface area contributed by atoms with Gasteiger partial charge in [0.05, 0.1) is 19.3 Å². The molecule has 1 unspecified atom stereocenters. The predicted octanol–water partition coefficient (Wildman–Crippen LogP) is 0.704. The lowest BCUT2D eigenvalue weighted by Gasteiger charge is -2.34. The summed E-state index contributed by atoms with van der Waals surface area (Å²) >= 11 is 0. The molecule has 1 saturated heterocycles. The Morgan fingerprint density at radius 3 is 2.76 bits per heavy atom. The maximum absolute atomic E-state index is 5.86. The van der Waals surface area contributed by atoms with Crippen LogP contribution in [0, 0.1) is 5.92 Å². The highest BCUT2D eigenvalue weighted by Gasteiger charge is 2.20. The number of aliphatic imine (C=N–C) groups is 1. The van der Waals surface area contributed by atoms with Gasteiger partial charge in [-0.25, -0.2) is 0 Å². The molecule has 0 radical (unpaired) electrons. The van der Waals surface area contributed by atoms with E-state index in [1.165, 1.54) is 0 Å². The second-order valence-electron chi connectivity index (χ2n) is 6.82. The first kappa shape index (κ1) is 24.8. The van der Waals surface area contributed by atoms with Crippen molar-refractivity contribution in [2.24, 2.45) is 10.9 Å². The van der Waals surface area contributed by atoms with E-state index in [0.29, 0.717) is 5.92 Å². The van der Waals surface area contributed by atoms with Crippen LogP contribution in [0.15, 0.2) is 4.99 Å². The lowest BCUT2D eigenvalue weighted by atomic mass is 10.2. The van der Waals surface area contributed by atoms with Gasteiger partial charge < -0.3 is 25.0 Å². The molecule has 2 N–H and O–H groups in total. The van der Waals surface area contributed by atoms with Crippen molar-refractivity contribution in [2.75, 3.05) is 80.2 Å². The van der Waals surface area contributed by atoms with Gasteiger partial charge in [-0.05, 0) is 13.0 Å². The molecule has 0 saturated carbocycles. The number of hydrogen-bond donors (Lipinski definition) is 2. The molecule has 1 aliphatic heterocycles. The minimum atomic E-state index is 0. The van der Waals surface area contributed by atoms with E-state index in [1.54, 1.807) is 14.2 Å². The summed E-state index contributed by atoms with van der Waals surface area (Å²) in [6, 6.07) is 0. The zero-order valence-corrected chi connectivity index (χ0v) is 18.9. The van der Waals surface area contributed by atoms with Crippen LogP contribution in [0.3, 0.4) is 0 Å². The zero-order chi connectivity index (χ0) is 17.8. The lowest BCUT2D eigenvalue weighted by Crippen LogP contribution is -2.50. The first-order valence-corrected chi connectivity index (χ1v) is 9.01. The van der Waals surface area contributed by atoms with Gasteiger partial charge in [0.15, 0.2) is 5.96 Å². The van der Waals surface area contributed by atoms with E-state index in [4.69, 9.17) is 9.47 Å². The molecule has 1 heterocycles. The smallest absolute Gasteiger partial charge is 0.191 e. The Bertz CT molecular complexity index is 358. The number of hydrogen-bond acceptors (Lipinski definition) is 5. The van der Waals surface area contributed by atoms with Gasteiger partial charge in [0, 0.05) is 60.0 Å². The molecular weight excluding hydrogens is 433 g/mol. The molecule has 0 spiro atoms. The second-order valence-corrected chi connectivity index (χ2v) is 6.82. The van der Waals surface area contributed by atoms with Gasteiger partial charge in [0.25, 0.3) is 0 Å². The fourth-order valence-corrected chi connectivity index (χ4v) is 2.74. The summed E-state index contributed by atoms with van der Waals surface area (Å²) in [4.78, 5) is 9.00. The number of nitrogens with zero attached hydrogens (tertiary/aromatic N) is 3. The topological polar surface area (TPSA) is 61.4 Å². The number of likely N-dealkylation sites (N-methyl/N-ethyl adjacent to an activating group) is 1. The Balaban J connectivity index is 0.00000576. The largest absolute Gasteiger partial charge is 0.383 e. The van der Waals surface area contributed by atoms with Crippen molar-refractivity contribution in [1.82, 2.24) is 20.4 Å². The van der Waals surface area contributed by atoms with Gasteiger partial charge in [-0.15, -0.1) is 24.0 Å². The van der Waals surface area contributed by atoms with Crippen molar-refractivity contribution >= 4 is 29.9 Å². The number of morpholine rings is 1. The van der Waals surface area contributed by atoms with Crippen LogP contribution < -0.4 is 10.6 Å². The molecule has 0 aliphatic carbocycles. The van der Waals surface area contributed by atoms with Crippen LogP contribution in [-0.2, 0) is 9.47 Å². The van der Waals surface area contributed by atoms with Crippen molar-refractivity contribution in [3.63, 3.8) is 0 Å². The van der Waals surface area contributed by atoms with E-state index >= 15 is 0 Å². The maximum atomic E-state index is 5.86. The average Bonchev–Trinajstić information content (AvgIpc) is 2.55. The molecule has 150 valence electrons.